The Morgan fingerprint density at radius 2 is 1.80 bits per heavy atom. The number of carbonyl (C=O) groups excluding carboxylic acids is 1. The van der Waals surface area contributed by atoms with Crippen LogP contribution in [0.2, 0.25) is 0 Å². The highest BCUT2D eigenvalue weighted by molar-refractivity contribution is 6.14. The largest absolute Gasteiger partial charge is 0.492 e. The van der Waals surface area contributed by atoms with E-state index in [0.717, 1.165) is 12.1 Å². The number of nitrogens with zero attached hydrogens (tertiary/aromatic N) is 2. The van der Waals surface area contributed by atoms with Gasteiger partial charge in [0.25, 0.3) is 17.2 Å². The van der Waals surface area contributed by atoms with Crippen molar-refractivity contribution in [2.75, 3.05) is 5.32 Å². The maximum absolute atomic E-state index is 12.5. The molecule has 2 aromatic carbocycles. The van der Waals surface area contributed by atoms with E-state index < -0.39 is 22.3 Å². The van der Waals surface area contributed by atoms with E-state index in [2.05, 4.69) is 5.32 Å². The van der Waals surface area contributed by atoms with E-state index in [4.69, 9.17) is 0 Å². The van der Waals surface area contributed by atoms with Gasteiger partial charge in [0.05, 0.1) is 10.3 Å². The van der Waals surface area contributed by atoms with Crippen LogP contribution in [0, 0.1) is 10.1 Å². The molecule has 3 N–H and O–H groups in total. The van der Waals surface area contributed by atoms with Gasteiger partial charge in [-0.15, -0.1) is 4.73 Å². The summed E-state index contributed by atoms with van der Waals surface area (Å²) in [6, 6.07) is 11.5. The fourth-order valence-electron chi connectivity index (χ4n) is 2.42. The maximum Gasteiger partial charge on any atom is 0.294 e. The van der Waals surface area contributed by atoms with Gasteiger partial charge in [-0.25, -0.2) is 0 Å². The molecule has 0 aliphatic rings. The molecule has 0 unspecified atom stereocenters. The number of aromatic nitrogens is 1. The second-order valence-corrected chi connectivity index (χ2v) is 5.12. The van der Waals surface area contributed by atoms with Crippen molar-refractivity contribution in [3.63, 3.8) is 0 Å². The number of aromatic hydroxyl groups is 1. The number of benzene rings is 2. The predicted octanol–water partition coefficient (Wildman–Crippen LogP) is 2.10. The van der Waals surface area contributed by atoms with Crippen LogP contribution in [0.1, 0.15) is 10.4 Å². The van der Waals surface area contributed by atoms with E-state index >= 15 is 0 Å². The van der Waals surface area contributed by atoms with Crippen molar-refractivity contribution in [1.82, 2.24) is 4.73 Å². The number of hydrogen-bond acceptors (Lipinski definition) is 6. The van der Waals surface area contributed by atoms with Crippen molar-refractivity contribution in [2.45, 2.75) is 0 Å². The minimum atomic E-state index is -1.08. The third kappa shape index (κ3) is 2.74. The number of anilines is 1. The highest BCUT2D eigenvalue weighted by atomic mass is 16.6. The van der Waals surface area contributed by atoms with Gasteiger partial charge in [-0.05, 0) is 18.2 Å². The van der Waals surface area contributed by atoms with E-state index in [1.165, 1.54) is 6.07 Å². The van der Waals surface area contributed by atoms with E-state index in [0.29, 0.717) is 5.69 Å². The van der Waals surface area contributed by atoms with Crippen LogP contribution in [0.25, 0.3) is 10.8 Å². The number of hydrogen-bond donors (Lipinski definition) is 3. The lowest BCUT2D eigenvalue weighted by molar-refractivity contribution is -0.384. The molecule has 3 aromatic rings. The Balaban J connectivity index is 2.22. The molecule has 0 aliphatic heterocycles. The van der Waals surface area contributed by atoms with Gasteiger partial charge in [0, 0.05) is 23.2 Å². The maximum atomic E-state index is 12.5. The first-order valence-electron chi connectivity index (χ1n) is 7.02. The average molecular weight is 341 g/mol. The van der Waals surface area contributed by atoms with Gasteiger partial charge in [-0.3, -0.25) is 19.7 Å². The van der Waals surface area contributed by atoms with Gasteiger partial charge in [-0.2, -0.15) is 0 Å². The Hall–Kier alpha value is -3.88. The highest BCUT2D eigenvalue weighted by Gasteiger charge is 2.23. The first-order chi connectivity index (χ1) is 11.9. The first kappa shape index (κ1) is 16.0. The quantitative estimate of drug-likeness (QED) is 0.379. The molecule has 9 nitrogen and oxygen atoms in total. The van der Waals surface area contributed by atoms with E-state index in [9.17, 15) is 30.0 Å². The van der Waals surface area contributed by atoms with E-state index in [1.807, 2.05) is 0 Å². The summed E-state index contributed by atoms with van der Waals surface area (Å²) in [6.07, 6.45) is 0. The molecule has 0 spiro atoms. The van der Waals surface area contributed by atoms with Crippen molar-refractivity contribution in [2.24, 2.45) is 0 Å². The van der Waals surface area contributed by atoms with Crippen molar-refractivity contribution in [3.05, 3.63) is 74.6 Å². The number of non-ortho nitro benzene ring substituents is 1. The lowest BCUT2D eigenvalue weighted by Gasteiger charge is -2.11. The fraction of sp³-hybridized carbons (Fsp3) is 0. The molecule has 1 aromatic heterocycles. The smallest absolute Gasteiger partial charge is 0.294 e. The SMILES string of the molecule is O=C(Nc1ccccc1)c1c(O)n(O)c(=O)c2cc([N+](=O)[O-])ccc12. The second kappa shape index (κ2) is 5.96. The number of nitro groups is 1. The van der Waals surface area contributed by atoms with Crippen LogP contribution >= 0.6 is 0 Å². The Morgan fingerprint density at radius 1 is 1.12 bits per heavy atom. The third-order valence-electron chi connectivity index (χ3n) is 3.59. The summed E-state index contributed by atoms with van der Waals surface area (Å²) in [5, 5.41) is 32.9. The average Bonchev–Trinajstić information content (AvgIpc) is 2.60. The van der Waals surface area contributed by atoms with Crippen molar-refractivity contribution in [1.29, 1.82) is 0 Å². The number of nitrogens with one attached hydrogen (secondary N) is 1. The predicted molar refractivity (Wildman–Crippen MR) is 88.1 cm³/mol. The molecule has 3 rings (SSSR count). The highest BCUT2D eigenvalue weighted by Crippen LogP contribution is 2.27. The van der Waals surface area contributed by atoms with E-state index in [1.54, 1.807) is 30.3 Å². The Labute approximate surface area is 139 Å². The third-order valence-corrected chi connectivity index (χ3v) is 3.59. The van der Waals surface area contributed by atoms with Gasteiger partial charge in [-0.1, -0.05) is 18.2 Å². The first-order valence-corrected chi connectivity index (χ1v) is 7.02. The molecule has 0 bridgehead atoms. The van der Waals surface area contributed by atoms with Crippen LogP contribution in [0.3, 0.4) is 0 Å². The standard InChI is InChI=1S/C16H11N3O6/c20-14(17-9-4-2-1-3-5-9)13-11-7-6-10(19(24)25)8-12(11)15(21)18(23)16(13)22/h1-8,22-23H,(H,17,20). The number of carbonyl (C=O) groups is 1. The molecule has 0 aliphatic carbocycles. The van der Waals surface area contributed by atoms with E-state index in [-0.39, 0.29) is 26.8 Å². The Morgan fingerprint density at radius 3 is 2.44 bits per heavy atom. The minimum Gasteiger partial charge on any atom is -0.492 e. The molecule has 0 saturated heterocycles. The number of rotatable bonds is 3. The molecular formula is C16H11N3O6. The summed E-state index contributed by atoms with van der Waals surface area (Å²) >= 11 is 0. The summed E-state index contributed by atoms with van der Waals surface area (Å²) in [5.41, 5.74) is -1.41. The topological polar surface area (TPSA) is 135 Å². The molecule has 1 heterocycles. The molecule has 1 amide bonds. The molecule has 25 heavy (non-hydrogen) atoms. The molecule has 9 heteroatoms. The summed E-state index contributed by atoms with van der Waals surface area (Å²) in [4.78, 5) is 34.7. The van der Waals surface area contributed by atoms with Gasteiger partial charge in [0.15, 0.2) is 0 Å². The van der Waals surface area contributed by atoms with Crippen molar-refractivity contribution < 1.29 is 20.0 Å². The van der Waals surface area contributed by atoms with Crippen LogP contribution in [0.5, 0.6) is 5.88 Å². The van der Waals surface area contributed by atoms with Crippen LogP contribution in [-0.4, -0.2) is 25.9 Å². The molecule has 0 fully saturated rings. The summed E-state index contributed by atoms with van der Waals surface area (Å²) in [7, 11) is 0. The van der Waals surface area contributed by atoms with Crippen LogP contribution in [-0.2, 0) is 0 Å². The molecule has 0 radical (unpaired) electrons. The van der Waals surface area contributed by atoms with Crippen LogP contribution in [0.4, 0.5) is 11.4 Å². The molecule has 0 saturated carbocycles. The number of pyridine rings is 1. The van der Waals surface area contributed by atoms with Crippen LogP contribution in [0.15, 0.2) is 53.3 Å². The number of nitro benzene ring substituents is 1. The zero-order valence-electron chi connectivity index (χ0n) is 12.5. The van der Waals surface area contributed by atoms with Gasteiger partial charge in [0.1, 0.15) is 5.56 Å². The lowest BCUT2D eigenvalue weighted by Crippen LogP contribution is -2.23. The van der Waals surface area contributed by atoms with Crippen molar-refractivity contribution >= 4 is 28.1 Å². The monoisotopic (exact) mass is 341 g/mol. The zero-order chi connectivity index (χ0) is 18.1. The number of para-hydroxylation sites is 1. The van der Waals surface area contributed by atoms with Gasteiger partial charge < -0.3 is 15.6 Å². The zero-order valence-corrected chi connectivity index (χ0v) is 12.5. The molecule has 0 atom stereocenters. The lowest BCUT2D eigenvalue weighted by atomic mass is 10.1. The Kier molecular flexibility index (Phi) is 3.82. The minimum absolute atomic E-state index is 0.0215. The second-order valence-electron chi connectivity index (χ2n) is 5.12. The summed E-state index contributed by atoms with van der Waals surface area (Å²) in [6.45, 7) is 0. The number of amides is 1. The van der Waals surface area contributed by atoms with Gasteiger partial charge in [0.2, 0.25) is 5.88 Å². The molecule has 126 valence electrons. The fourth-order valence-corrected chi connectivity index (χ4v) is 2.42. The summed E-state index contributed by atoms with van der Waals surface area (Å²) in [5.74, 6) is -1.75. The van der Waals surface area contributed by atoms with Gasteiger partial charge >= 0.3 is 0 Å². The number of fused-ring (bicyclic) bond motifs is 1. The normalized spacial score (nSPS) is 10.6. The molecular weight excluding hydrogens is 330 g/mol. The van der Waals surface area contributed by atoms with Crippen molar-refractivity contribution in [3.8, 4) is 5.88 Å². The summed E-state index contributed by atoms with van der Waals surface area (Å²) < 4.78 is -0.119. The van der Waals surface area contributed by atoms with Crippen LogP contribution < -0.4 is 10.9 Å². The Bertz CT molecular complexity index is 1060.